The van der Waals surface area contributed by atoms with Gasteiger partial charge in [0.2, 0.25) is 0 Å². The van der Waals surface area contributed by atoms with Crippen molar-refractivity contribution >= 4 is 25.6 Å². The summed E-state index contributed by atoms with van der Waals surface area (Å²) >= 11 is -7.31. The summed E-state index contributed by atoms with van der Waals surface area (Å²) in [4.78, 5) is 33.9. The van der Waals surface area contributed by atoms with Crippen LogP contribution >= 0.6 is 0 Å². The molecular weight excluding hydrogens is 813 g/mol. The third-order valence-electron chi connectivity index (χ3n) is 14.0. The van der Waals surface area contributed by atoms with Crippen molar-refractivity contribution < 1.29 is 28.5 Å². The number of fused-ring (bicyclic) bond motifs is 1. The molecule has 0 N–H and O–H groups in total. The zero-order chi connectivity index (χ0) is 43.0. The molecule has 0 saturated heterocycles. The van der Waals surface area contributed by atoms with Gasteiger partial charge in [-0.3, -0.25) is 0 Å². The van der Waals surface area contributed by atoms with E-state index < -0.39 is 39.2 Å². The predicted octanol–water partition coefficient (Wildman–Crippen LogP) is 12.0. The van der Waals surface area contributed by atoms with Gasteiger partial charge in [0.15, 0.2) is 0 Å². The van der Waals surface area contributed by atoms with Gasteiger partial charge in [0, 0.05) is 0 Å². The van der Waals surface area contributed by atoms with Gasteiger partial charge in [-0.1, -0.05) is 0 Å². The Morgan fingerprint density at radius 3 is 1.15 bits per heavy atom. The van der Waals surface area contributed by atoms with Crippen molar-refractivity contribution in [2.45, 2.75) is 31.9 Å². The van der Waals surface area contributed by atoms with E-state index in [1.54, 1.807) is 7.63 Å². The number of benzene rings is 7. The number of hydrogen-bond acceptors (Lipinski definition) is 4. The first-order chi connectivity index (χ1) is 29.9. The van der Waals surface area contributed by atoms with Crippen molar-refractivity contribution in [2.75, 3.05) is 0 Å². The first-order valence-corrected chi connectivity index (χ1v) is 31.5. The van der Waals surface area contributed by atoms with Gasteiger partial charge in [0.1, 0.15) is 0 Å². The Bertz CT molecular complexity index is 2700. The molecule has 0 spiro atoms. The molecule has 0 radical (unpaired) electrons. The summed E-state index contributed by atoms with van der Waals surface area (Å²) in [5, 5.41) is 4.08. The van der Waals surface area contributed by atoms with Crippen molar-refractivity contribution in [3.63, 3.8) is 0 Å². The van der Waals surface area contributed by atoms with Crippen LogP contribution in [-0.4, -0.2) is 19.6 Å². The molecule has 0 amide bonds. The van der Waals surface area contributed by atoms with Crippen LogP contribution in [0.1, 0.15) is 55.2 Å². The monoisotopic (exact) mass is 862 g/mol. The summed E-state index contributed by atoms with van der Waals surface area (Å²) in [6, 6.07) is 67.2. The second-order valence-corrected chi connectivity index (χ2v) is 46.5. The summed E-state index contributed by atoms with van der Waals surface area (Å²) in [7, 11) is 1.65. The Balaban J connectivity index is 1.41. The molecule has 0 fully saturated rings. The van der Waals surface area contributed by atoms with Gasteiger partial charge in [-0.2, -0.15) is 0 Å². The Morgan fingerprint density at radius 1 is 0.500 bits per heavy atom. The molecule has 306 valence electrons. The van der Waals surface area contributed by atoms with Gasteiger partial charge in [-0.25, -0.2) is 0 Å². The van der Waals surface area contributed by atoms with E-state index in [2.05, 4.69) is 30.4 Å². The predicted molar refractivity (Wildman–Crippen MR) is 251 cm³/mol. The average Bonchev–Trinajstić information content (AvgIpc) is 4.03. The van der Waals surface area contributed by atoms with E-state index in [1.165, 1.54) is 0 Å². The molecule has 0 saturated carbocycles. The molecular formula is C56H50O4SiTi. The standard InChI is InChI=1S/2C20H16O2.C9H7.C5H5.2CH3.H2Si.Ti/c2*21-19(22)20(16-10-4-1-5-11-16,17-12-6-2-7-13-17)18-14-8-3-9-15-18;1-2-5-9-7-3-6-8(9)4-1;1-2-4-5-3-1;;;;/h2*1-15H,(H,21,22);1-7H;1-3H,4H2;2*1H3;1H2;/q;;;;;;;+2/p-2. The maximum atomic E-state index is 16.9. The number of hydrogen-bond donors (Lipinski definition) is 0. The first kappa shape index (κ1) is 41.0. The summed E-state index contributed by atoms with van der Waals surface area (Å²) in [6.45, 7) is 0. The van der Waals surface area contributed by atoms with Crippen molar-refractivity contribution in [3.8, 4) is 0 Å². The van der Waals surface area contributed by atoms with E-state index in [0.717, 1.165) is 48.4 Å². The topological polar surface area (TPSA) is 52.6 Å². The van der Waals surface area contributed by atoms with Crippen LogP contribution in [0.25, 0.3) is 6.08 Å². The molecule has 2 aliphatic rings. The molecule has 0 aromatic heterocycles. The van der Waals surface area contributed by atoms with E-state index in [9.17, 15) is 0 Å². The first-order valence-electron chi connectivity index (χ1n) is 21.4. The fourth-order valence-corrected chi connectivity index (χ4v) is 25.2. The van der Waals surface area contributed by atoms with Gasteiger partial charge >= 0.3 is 365 Å². The minimum atomic E-state index is -7.31. The fourth-order valence-electron chi connectivity index (χ4n) is 10.7. The Kier molecular flexibility index (Phi) is 9.49. The van der Waals surface area contributed by atoms with Crippen molar-refractivity contribution in [1.29, 1.82) is 0 Å². The van der Waals surface area contributed by atoms with E-state index in [1.807, 2.05) is 217 Å². The quantitative estimate of drug-likeness (QED) is 0.0907. The molecule has 4 nitrogen and oxygen atoms in total. The molecule has 7 aromatic rings. The summed E-state index contributed by atoms with van der Waals surface area (Å²) in [6.07, 6.45) is 10.8. The Morgan fingerprint density at radius 2 is 0.823 bits per heavy atom. The van der Waals surface area contributed by atoms with Crippen LogP contribution in [0.4, 0.5) is 0 Å². The van der Waals surface area contributed by atoms with E-state index in [-0.39, 0.29) is 0 Å². The van der Waals surface area contributed by atoms with Crippen LogP contribution in [0, 0.1) is 0 Å². The van der Waals surface area contributed by atoms with Gasteiger partial charge in [-0.15, -0.1) is 0 Å². The van der Waals surface area contributed by atoms with Crippen LogP contribution in [0.2, 0.25) is 10.5 Å². The molecule has 0 bridgehead atoms. The normalized spacial score (nSPS) is 16.5. The van der Waals surface area contributed by atoms with Crippen molar-refractivity contribution in [3.05, 3.63) is 279 Å². The van der Waals surface area contributed by atoms with E-state index in [4.69, 9.17) is 6.64 Å². The number of allylic oxidation sites excluding steroid dienone is 5. The molecule has 0 aliphatic heterocycles. The van der Waals surface area contributed by atoms with Crippen LogP contribution in [0.5, 0.6) is 0 Å². The molecule has 7 aromatic carbocycles. The van der Waals surface area contributed by atoms with Crippen molar-refractivity contribution in [2.24, 2.45) is 0 Å². The summed E-state index contributed by atoms with van der Waals surface area (Å²) < 4.78 is 16.3. The summed E-state index contributed by atoms with van der Waals surface area (Å²) in [5.41, 5.74) is 3.33. The number of carbonyl (C=O) groups excluding carboxylic acids is 2. The fraction of sp³-hybridized carbons (Fsp3) is 0.107. The Labute approximate surface area is 362 Å². The van der Waals surface area contributed by atoms with E-state index in [0.29, 0.717) is 6.42 Å². The van der Waals surface area contributed by atoms with Crippen LogP contribution in [0.3, 0.4) is 0 Å². The molecule has 6 heteroatoms. The zero-order valence-corrected chi connectivity index (χ0v) is 38.1. The van der Waals surface area contributed by atoms with Gasteiger partial charge < -0.3 is 0 Å². The van der Waals surface area contributed by atoms with Crippen LogP contribution < -0.4 is 0 Å². The third-order valence-corrected chi connectivity index (χ3v) is 31.5. The van der Waals surface area contributed by atoms with Crippen LogP contribution in [-0.2, 0) is 39.3 Å². The maximum absolute atomic E-state index is 16.9. The molecule has 0 heterocycles. The zero-order valence-electron chi connectivity index (χ0n) is 35.1. The second kappa shape index (κ2) is 14.4. The Hall–Kier alpha value is -6.37. The SMILES string of the molecule is [CH3][Ti]([CH3])(=[SiH2])([O]C(=O)C(c1ccccc1)(c1ccccc1)c1ccccc1)([O]C(=O)C(c1ccccc1)(c1ccccc1)c1ccccc1)([C]1=CC=CC1)[CH]1C=Cc2ccccc21. The number of carbonyl (C=O) groups is 2. The number of rotatable bonds is 12. The third kappa shape index (κ3) is 6.06. The molecule has 9 rings (SSSR count). The average molecular weight is 863 g/mol. The molecule has 2 aliphatic carbocycles. The van der Waals surface area contributed by atoms with Gasteiger partial charge in [0.05, 0.1) is 0 Å². The second-order valence-electron chi connectivity index (χ2n) is 18.7. The minimum absolute atomic E-state index is 0.420. The van der Waals surface area contributed by atoms with Crippen molar-refractivity contribution in [1.82, 2.24) is 0 Å². The van der Waals surface area contributed by atoms with Gasteiger partial charge in [-0.05, 0) is 0 Å². The van der Waals surface area contributed by atoms with Gasteiger partial charge in [0.25, 0.3) is 0 Å². The van der Waals surface area contributed by atoms with E-state index >= 15 is 9.59 Å². The summed E-state index contributed by atoms with van der Waals surface area (Å²) in [5.74, 6) is -1.06. The molecule has 1 unspecified atom stereocenters. The molecule has 62 heavy (non-hydrogen) atoms. The molecule has 1 atom stereocenters. The van der Waals surface area contributed by atoms with Crippen LogP contribution in [0.15, 0.2) is 234 Å².